The fourth-order valence-corrected chi connectivity index (χ4v) is 10.6. The Morgan fingerprint density at radius 1 is 0.966 bits per heavy atom. The summed E-state index contributed by atoms with van der Waals surface area (Å²) >= 11 is 0. The molecule has 3 aromatic rings. The van der Waals surface area contributed by atoms with E-state index in [1.807, 2.05) is 12.3 Å². The maximum Gasteiger partial charge on any atom is 0.111 e. The number of pyridine rings is 1. The predicted molar refractivity (Wildman–Crippen MR) is 133 cm³/mol. The molecule has 0 radical (unpaired) electrons. The Labute approximate surface area is 177 Å². The first kappa shape index (κ1) is 20.1. The third-order valence-electron chi connectivity index (χ3n) is 6.06. The molecule has 4 rings (SSSR count). The van der Waals surface area contributed by atoms with Gasteiger partial charge in [0.05, 0.1) is 13.6 Å². The van der Waals surface area contributed by atoms with Crippen molar-refractivity contribution in [1.82, 2.24) is 4.98 Å². The monoisotopic (exact) mass is 416 g/mol. The molecule has 2 aromatic carbocycles. The normalized spacial score (nSPS) is 15.1. The van der Waals surface area contributed by atoms with E-state index in [1.165, 1.54) is 27.3 Å². The van der Waals surface area contributed by atoms with Crippen LogP contribution in [-0.2, 0) is 6.42 Å². The standard InChI is InChI=1S/C25H32N2Si2/c1-28(2,3)19-22(18-27-17-15-20-10-6-7-13-23(20)27)29(4,5)24-14-8-11-21-12-9-16-26-25(21)24/h6-14,16,19H,15,17-18H2,1-5H3/b22-19+. The van der Waals surface area contributed by atoms with Gasteiger partial charge >= 0.3 is 0 Å². The van der Waals surface area contributed by atoms with Gasteiger partial charge in [0.2, 0.25) is 0 Å². The lowest BCUT2D eigenvalue weighted by molar-refractivity contribution is 0.894. The quantitative estimate of drug-likeness (QED) is 0.507. The molecule has 29 heavy (non-hydrogen) atoms. The summed E-state index contributed by atoms with van der Waals surface area (Å²) in [5, 5.41) is 4.38. The van der Waals surface area contributed by atoms with E-state index in [9.17, 15) is 0 Å². The predicted octanol–water partition coefficient (Wildman–Crippen LogP) is 5.56. The van der Waals surface area contributed by atoms with E-state index in [4.69, 9.17) is 4.98 Å². The van der Waals surface area contributed by atoms with Crippen molar-refractivity contribution in [3.8, 4) is 0 Å². The molecule has 4 heteroatoms. The van der Waals surface area contributed by atoms with Gasteiger partial charge in [-0.1, -0.05) is 86.1 Å². The number of para-hydroxylation sites is 2. The highest BCUT2D eigenvalue weighted by molar-refractivity contribution is 6.98. The molecule has 0 amide bonds. The van der Waals surface area contributed by atoms with E-state index in [-0.39, 0.29) is 0 Å². The molecule has 0 bridgehead atoms. The molecule has 0 saturated carbocycles. The van der Waals surface area contributed by atoms with Crippen LogP contribution in [0.25, 0.3) is 10.9 Å². The highest BCUT2D eigenvalue weighted by atomic mass is 28.3. The van der Waals surface area contributed by atoms with Gasteiger partial charge in [0.1, 0.15) is 8.07 Å². The van der Waals surface area contributed by atoms with Crippen molar-refractivity contribution in [2.24, 2.45) is 0 Å². The molecule has 1 aliphatic rings. The van der Waals surface area contributed by atoms with Crippen LogP contribution in [0.2, 0.25) is 32.7 Å². The van der Waals surface area contributed by atoms with Crippen molar-refractivity contribution in [3.63, 3.8) is 0 Å². The zero-order chi connectivity index (χ0) is 20.6. The van der Waals surface area contributed by atoms with Crippen molar-refractivity contribution in [1.29, 1.82) is 0 Å². The molecule has 0 aliphatic carbocycles. The highest BCUT2D eigenvalue weighted by Gasteiger charge is 2.34. The summed E-state index contributed by atoms with van der Waals surface area (Å²) in [5.41, 5.74) is 6.79. The molecule has 0 N–H and O–H groups in total. The van der Waals surface area contributed by atoms with E-state index in [2.05, 4.69) is 91.9 Å². The second kappa shape index (κ2) is 7.58. The lowest BCUT2D eigenvalue weighted by atomic mass is 10.2. The first-order valence-corrected chi connectivity index (χ1v) is 17.2. The lowest BCUT2D eigenvalue weighted by Gasteiger charge is -2.33. The second-order valence-electron chi connectivity index (χ2n) is 9.84. The van der Waals surface area contributed by atoms with Crippen LogP contribution in [-0.4, -0.2) is 34.2 Å². The van der Waals surface area contributed by atoms with Crippen LogP contribution >= 0.6 is 0 Å². The Kier molecular flexibility index (Phi) is 5.26. The molecule has 0 spiro atoms. The molecule has 0 unspecified atom stereocenters. The minimum absolute atomic E-state index is 1.05. The molecule has 2 heterocycles. The summed E-state index contributed by atoms with van der Waals surface area (Å²) in [6, 6.07) is 19.9. The molecule has 2 nitrogen and oxygen atoms in total. The number of hydrogen-bond donors (Lipinski definition) is 0. The third kappa shape index (κ3) is 4.10. The summed E-state index contributed by atoms with van der Waals surface area (Å²) in [7, 11) is -3.25. The Bertz CT molecular complexity index is 1060. The van der Waals surface area contributed by atoms with Gasteiger partial charge in [0, 0.05) is 30.4 Å². The minimum Gasteiger partial charge on any atom is -0.367 e. The van der Waals surface area contributed by atoms with Gasteiger partial charge in [-0.3, -0.25) is 4.98 Å². The molecule has 0 saturated heterocycles. The largest absolute Gasteiger partial charge is 0.367 e. The fourth-order valence-electron chi connectivity index (χ4n) is 4.50. The van der Waals surface area contributed by atoms with Gasteiger partial charge < -0.3 is 4.90 Å². The molecular formula is C25H32N2Si2. The Balaban J connectivity index is 1.78. The topological polar surface area (TPSA) is 16.1 Å². The van der Waals surface area contributed by atoms with Crippen LogP contribution in [0.15, 0.2) is 71.7 Å². The lowest BCUT2D eigenvalue weighted by Crippen LogP contribution is -2.49. The van der Waals surface area contributed by atoms with Crippen LogP contribution in [0.5, 0.6) is 0 Å². The Morgan fingerprint density at radius 2 is 1.72 bits per heavy atom. The maximum atomic E-state index is 4.80. The number of fused-ring (bicyclic) bond motifs is 2. The van der Waals surface area contributed by atoms with E-state index in [0.29, 0.717) is 0 Å². The zero-order valence-electron chi connectivity index (χ0n) is 18.4. The Morgan fingerprint density at radius 3 is 2.52 bits per heavy atom. The number of anilines is 1. The van der Waals surface area contributed by atoms with Crippen molar-refractivity contribution < 1.29 is 0 Å². The number of hydrogen-bond acceptors (Lipinski definition) is 2. The number of nitrogens with zero attached hydrogens (tertiary/aromatic N) is 2. The Hall–Kier alpha value is -2.18. The highest BCUT2D eigenvalue weighted by Crippen LogP contribution is 2.31. The summed E-state index contributed by atoms with van der Waals surface area (Å²) in [4.78, 5) is 7.41. The van der Waals surface area contributed by atoms with Gasteiger partial charge in [-0.2, -0.15) is 0 Å². The SMILES string of the molecule is C[Si](C)(C)/C=C(\CN1CCc2ccccc21)[Si](C)(C)c1cccc2cccnc12. The summed E-state index contributed by atoms with van der Waals surface area (Å²) in [5.74, 6) is 0. The summed E-state index contributed by atoms with van der Waals surface area (Å²) in [6.07, 6.45) is 3.10. The van der Waals surface area contributed by atoms with Crippen molar-refractivity contribution in [2.45, 2.75) is 39.2 Å². The van der Waals surface area contributed by atoms with Crippen LogP contribution in [0.4, 0.5) is 5.69 Å². The van der Waals surface area contributed by atoms with Crippen LogP contribution in [0, 0.1) is 0 Å². The van der Waals surface area contributed by atoms with Gasteiger partial charge in [-0.05, 0) is 29.3 Å². The molecule has 1 aromatic heterocycles. The number of aromatic nitrogens is 1. The second-order valence-corrected chi connectivity index (χ2v) is 19.3. The average molecular weight is 417 g/mol. The molecule has 1 aliphatic heterocycles. The first-order valence-electron chi connectivity index (χ1n) is 10.6. The number of benzene rings is 2. The van der Waals surface area contributed by atoms with E-state index in [0.717, 1.165) is 19.5 Å². The first-order chi connectivity index (χ1) is 13.8. The van der Waals surface area contributed by atoms with E-state index < -0.39 is 16.1 Å². The van der Waals surface area contributed by atoms with E-state index in [1.54, 1.807) is 5.20 Å². The molecule has 0 atom stereocenters. The fraction of sp³-hybridized carbons (Fsp3) is 0.320. The van der Waals surface area contributed by atoms with Crippen LogP contribution in [0.1, 0.15) is 5.56 Å². The van der Waals surface area contributed by atoms with E-state index >= 15 is 0 Å². The summed E-state index contributed by atoms with van der Waals surface area (Å²) in [6.45, 7) is 14.6. The van der Waals surface area contributed by atoms with Crippen molar-refractivity contribution in [2.75, 3.05) is 18.0 Å². The van der Waals surface area contributed by atoms with Gasteiger partial charge in [0.15, 0.2) is 0 Å². The van der Waals surface area contributed by atoms with Crippen LogP contribution in [0.3, 0.4) is 0 Å². The van der Waals surface area contributed by atoms with Crippen molar-refractivity contribution >= 4 is 37.9 Å². The number of rotatable bonds is 5. The average Bonchev–Trinajstić information content (AvgIpc) is 3.09. The smallest absolute Gasteiger partial charge is 0.111 e. The van der Waals surface area contributed by atoms with Crippen LogP contribution < -0.4 is 10.1 Å². The molecule has 150 valence electrons. The molecular weight excluding hydrogens is 384 g/mol. The van der Waals surface area contributed by atoms with Gasteiger partial charge in [-0.15, -0.1) is 0 Å². The third-order valence-corrected chi connectivity index (χ3v) is 11.2. The zero-order valence-corrected chi connectivity index (χ0v) is 20.4. The summed E-state index contributed by atoms with van der Waals surface area (Å²) < 4.78 is 0. The molecule has 0 fully saturated rings. The van der Waals surface area contributed by atoms with Gasteiger partial charge in [0.25, 0.3) is 0 Å². The maximum absolute atomic E-state index is 4.80. The van der Waals surface area contributed by atoms with Gasteiger partial charge in [-0.25, -0.2) is 0 Å². The van der Waals surface area contributed by atoms with Crippen molar-refractivity contribution in [3.05, 3.63) is 77.3 Å². The minimum atomic E-state index is -1.88.